The Kier molecular flexibility index (Phi) is 7.50. The van der Waals surface area contributed by atoms with Crippen molar-refractivity contribution in [2.45, 2.75) is 10.9 Å². The van der Waals surface area contributed by atoms with Crippen LogP contribution in [0, 0.1) is 5.82 Å². The Bertz CT molecular complexity index is 1220. The minimum absolute atomic E-state index is 0.0561. The third kappa shape index (κ3) is 6.06. The summed E-state index contributed by atoms with van der Waals surface area (Å²) in [5.41, 5.74) is 1.23. The number of sulfonamides is 1. The lowest BCUT2D eigenvalue weighted by Gasteiger charge is -2.25. The van der Waals surface area contributed by atoms with Gasteiger partial charge in [-0.05, 0) is 68.2 Å². The van der Waals surface area contributed by atoms with Crippen molar-refractivity contribution in [1.29, 1.82) is 0 Å². The monoisotopic (exact) mass is 475 g/mol. The zero-order valence-corrected chi connectivity index (χ0v) is 19.1. The molecule has 0 aliphatic heterocycles. The fourth-order valence-electron chi connectivity index (χ4n) is 3.17. The van der Waals surface area contributed by atoms with Gasteiger partial charge in [-0.2, -0.15) is 0 Å². The topological polar surface area (TPSA) is 78.5 Å². The van der Waals surface area contributed by atoms with Gasteiger partial charge in [0.1, 0.15) is 5.82 Å². The SMILES string of the molecule is CN(C)[C@@H](CNC(=O)c1cccc(S(=O)(=O)Nc2cccc(Cl)c2)c1)c1cccc(F)c1. The number of rotatable bonds is 8. The lowest BCUT2D eigenvalue weighted by molar-refractivity contribution is 0.0941. The van der Waals surface area contributed by atoms with Crippen molar-refractivity contribution in [3.63, 3.8) is 0 Å². The minimum Gasteiger partial charge on any atom is -0.350 e. The first-order valence-corrected chi connectivity index (χ1v) is 11.6. The summed E-state index contributed by atoms with van der Waals surface area (Å²) in [7, 11) is -0.258. The van der Waals surface area contributed by atoms with Crippen molar-refractivity contribution < 1.29 is 17.6 Å². The van der Waals surface area contributed by atoms with Crippen molar-refractivity contribution in [2.75, 3.05) is 25.4 Å². The zero-order valence-electron chi connectivity index (χ0n) is 17.5. The summed E-state index contributed by atoms with van der Waals surface area (Å²) in [6.45, 7) is 0.215. The Hall–Kier alpha value is -2.94. The molecular formula is C23H23ClFN3O3S. The molecule has 3 rings (SSSR count). The first kappa shape index (κ1) is 23.7. The number of nitrogens with one attached hydrogen (secondary N) is 2. The Morgan fingerprint density at radius 1 is 1.03 bits per heavy atom. The van der Waals surface area contributed by atoms with Gasteiger partial charge in [-0.15, -0.1) is 0 Å². The molecule has 32 heavy (non-hydrogen) atoms. The summed E-state index contributed by atoms with van der Waals surface area (Å²) in [4.78, 5) is 14.5. The number of halogens is 2. The van der Waals surface area contributed by atoms with E-state index in [1.165, 1.54) is 42.5 Å². The van der Waals surface area contributed by atoms with E-state index in [9.17, 15) is 17.6 Å². The molecular weight excluding hydrogens is 453 g/mol. The molecule has 3 aromatic carbocycles. The maximum absolute atomic E-state index is 13.6. The molecule has 0 saturated carbocycles. The van der Waals surface area contributed by atoms with Gasteiger partial charge in [0.2, 0.25) is 0 Å². The Labute approximate surface area is 192 Å². The van der Waals surface area contributed by atoms with Crippen LogP contribution < -0.4 is 10.0 Å². The zero-order chi connectivity index (χ0) is 23.3. The molecule has 0 aliphatic carbocycles. The third-order valence-corrected chi connectivity index (χ3v) is 6.41. The van der Waals surface area contributed by atoms with Gasteiger partial charge in [0.25, 0.3) is 15.9 Å². The van der Waals surface area contributed by atoms with Crippen LogP contribution in [0.3, 0.4) is 0 Å². The van der Waals surface area contributed by atoms with Gasteiger partial charge < -0.3 is 10.2 Å². The van der Waals surface area contributed by atoms with E-state index < -0.39 is 15.9 Å². The second-order valence-corrected chi connectivity index (χ2v) is 9.51. The molecule has 0 aromatic heterocycles. The van der Waals surface area contributed by atoms with Gasteiger partial charge in [-0.25, -0.2) is 12.8 Å². The molecule has 0 unspecified atom stereocenters. The number of hydrogen-bond donors (Lipinski definition) is 2. The lowest BCUT2D eigenvalue weighted by atomic mass is 10.1. The largest absolute Gasteiger partial charge is 0.350 e. The number of benzene rings is 3. The number of nitrogens with zero attached hydrogens (tertiary/aromatic N) is 1. The molecule has 0 fully saturated rings. The fraction of sp³-hybridized carbons (Fsp3) is 0.174. The van der Waals surface area contributed by atoms with Crippen molar-refractivity contribution in [2.24, 2.45) is 0 Å². The second-order valence-electron chi connectivity index (χ2n) is 7.39. The standard InChI is InChI=1S/C23H23ClFN3O3S/c1-28(2)22(16-6-3-9-19(25)12-16)15-26-23(29)17-7-4-11-21(13-17)32(30,31)27-20-10-5-8-18(24)14-20/h3-14,22,27H,15H2,1-2H3,(H,26,29)/t22-/m0/s1. The minimum atomic E-state index is -3.92. The molecule has 168 valence electrons. The van der Waals surface area contributed by atoms with Crippen molar-refractivity contribution in [3.05, 3.63) is 94.8 Å². The van der Waals surface area contributed by atoms with Crippen LogP contribution in [0.1, 0.15) is 22.0 Å². The molecule has 9 heteroatoms. The molecule has 0 spiro atoms. The molecule has 0 radical (unpaired) electrons. The molecule has 6 nitrogen and oxygen atoms in total. The fourth-order valence-corrected chi connectivity index (χ4v) is 4.46. The van der Waals surface area contributed by atoms with E-state index in [2.05, 4.69) is 10.0 Å². The van der Waals surface area contributed by atoms with Crippen LogP contribution >= 0.6 is 11.6 Å². The van der Waals surface area contributed by atoms with Crippen LogP contribution in [0.25, 0.3) is 0 Å². The summed E-state index contributed by atoms with van der Waals surface area (Å²) in [6.07, 6.45) is 0. The molecule has 0 heterocycles. The summed E-state index contributed by atoms with van der Waals surface area (Å²) in [5.74, 6) is -0.793. The number of amides is 1. The first-order chi connectivity index (χ1) is 15.2. The summed E-state index contributed by atoms with van der Waals surface area (Å²) in [5, 5.41) is 3.19. The van der Waals surface area contributed by atoms with Gasteiger partial charge in [-0.3, -0.25) is 9.52 Å². The van der Waals surface area contributed by atoms with Crippen molar-refractivity contribution in [1.82, 2.24) is 10.2 Å². The molecule has 2 N–H and O–H groups in total. The summed E-state index contributed by atoms with van der Waals surface area (Å²) >= 11 is 5.91. The summed E-state index contributed by atoms with van der Waals surface area (Å²) < 4.78 is 41.5. The molecule has 1 atom stereocenters. The third-order valence-electron chi connectivity index (χ3n) is 4.80. The van der Waals surface area contributed by atoms with E-state index in [1.54, 1.807) is 30.3 Å². The van der Waals surface area contributed by atoms with Crippen LogP contribution in [-0.2, 0) is 10.0 Å². The van der Waals surface area contributed by atoms with Crippen LogP contribution in [0.15, 0.2) is 77.7 Å². The normalized spacial score (nSPS) is 12.4. The van der Waals surface area contributed by atoms with E-state index >= 15 is 0 Å². The first-order valence-electron chi connectivity index (χ1n) is 9.74. The van der Waals surface area contributed by atoms with E-state index in [1.807, 2.05) is 19.0 Å². The highest BCUT2D eigenvalue weighted by molar-refractivity contribution is 7.92. The predicted molar refractivity (Wildman–Crippen MR) is 124 cm³/mol. The Morgan fingerprint density at radius 3 is 2.44 bits per heavy atom. The van der Waals surface area contributed by atoms with Crippen LogP contribution in [0.2, 0.25) is 5.02 Å². The number of carbonyl (C=O) groups excluding carboxylic acids is 1. The van der Waals surface area contributed by atoms with Gasteiger partial charge in [0, 0.05) is 17.1 Å². The van der Waals surface area contributed by atoms with Crippen molar-refractivity contribution in [3.8, 4) is 0 Å². The molecule has 0 bridgehead atoms. The van der Waals surface area contributed by atoms with Crippen LogP contribution in [-0.4, -0.2) is 39.9 Å². The average molecular weight is 476 g/mol. The van der Waals surface area contributed by atoms with E-state index in [0.29, 0.717) is 10.7 Å². The highest BCUT2D eigenvalue weighted by atomic mass is 35.5. The highest BCUT2D eigenvalue weighted by Crippen LogP contribution is 2.21. The maximum Gasteiger partial charge on any atom is 0.261 e. The number of likely N-dealkylation sites (N-methyl/N-ethyl adjacent to an activating group) is 1. The number of anilines is 1. The highest BCUT2D eigenvalue weighted by Gasteiger charge is 2.19. The quantitative estimate of drug-likeness (QED) is 0.508. The van der Waals surface area contributed by atoms with Gasteiger partial charge in [0.05, 0.1) is 16.6 Å². The van der Waals surface area contributed by atoms with E-state index in [0.717, 1.165) is 5.56 Å². The van der Waals surface area contributed by atoms with E-state index in [4.69, 9.17) is 11.6 Å². The summed E-state index contributed by atoms with van der Waals surface area (Å²) in [6, 6.07) is 18.0. The molecule has 1 amide bonds. The molecule has 0 aliphatic rings. The average Bonchev–Trinajstić information content (AvgIpc) is 2.73. The van der Waals surface area contributed by atoms with Gasteiger partial charge >= 0.3 is 0 Å². The number of hydrogen-bond acceptors (Lipinski definition) is 4. The second kappa shape index (κ2) is 10.1. The van der Waals surface area contributed by atoms with E-state index in [-0.39, 0.29) is 28.9 Å². The van der Waals surface area contributed by atoms with Crippen molar-refractivity contribution >= 4 is 33.2 Å². The molecule has 0 saturated heterocycles. The lowest BCUT2D eigenvalue weighted by Crippen LogP contribution is -2.34. The van der Waals surface area contributed by atoms with Crippen LogP contribution in [0.5, 0.6) is 0 Å². The van der Waals surface area contributed by atoms with Gasteiger partial charge in [0.15, 0.2) is 0 Å². The Balaban J connectivity index is 1.74. The predicted octanol–water partition coefficient (Wildman–Crippen LogP) is 4.31. The number of carbonyl (C=O) groups is 1. The van der Waals surface area contributed by atoms with Crippen LogP contribution in [0.4, 0.5) is 10.1 Å². The smallest absolute Gasteiger partial charge is 0.261 e. The molecule has 3 aromatic rings. The van der Waals surface area contributed by atoms with Gasteiger partial charge in [-0.1, -0.05) is 35.9 Å². The maximum atomic E-state index is 13.6. The Morgan fingerprint density at radius 2 is 1.75 bits per heavy atom.